The maximum absolute atomic E-state index is 14.0. The van der Waals surface area contributed by atoms with Gasteiger partial charge in [0.2, 0.25) is 0 Å². The topological polar surface area (TPSA) is 92.0 Å². The molecule has 1 aromatic carbocycles. The van der Waals surface area contributed by atoms with Gasteiger partial charge in [-0.3, -0.25) is 4.68 Å². The van der Waals surface area contributed by atoms with Crippen molar-refractivity contribution < 1.29 is 9.50 Å². The number of halogens is 1. The Morgan fingerprint density at radius 1 is 1.17 bits per heavy atom. The lowest BCUT2D eigenvalue weighted by Gasteiger charge is -2.35. The fraction of sp³-hybridized carbons (Fsp3) is 0.429. The van der Waals surface area contributed by atoms with Crippen LogP contribution in [0.2, 0.25) is 0 Å². The summed E-state index contributed by atoms with van der Waals surface area (Å²) in [7, 11) is 3.80. The lowest BCUT2D eigenvalue weighted by atomic mass is 9.98. The third-order valence-electron chi connectivity index (χ3n) is 6.21. The van der Waals surface area contributed by atoms with Gasteiger partial charge in [-0.15, -0.1) is 10.2 Å². The van der Waals surface area contributed by atoms with Crippen LogP contribution >= 0.6 is 0 Å². The number of piperidine rings is 1. The molecule has 8 nitrogen and oxygen atoms in total. The number of fused-ring (bicyclic) bond motifs is 2. The van der Waals surface area contributed by atoms with Crippen LogP contribution in [0.5, 0.6) is 5.75 Å². The number of nitrogens with one attached hydrogen (secondary N) is 1. The lowest BCUT2D eigenvalue weighted by Crippen LogP contribution is -2.48. The molecule has 30 heavy (non-hydrogen) atoms. The smallest absolute Gasteiger partial charge is 0.185 e. The van der Waals surface area contributed by atoms with Crippen molar-refractivity contribution >= 4 is 5.82 Å². The summed E-state index contributed by atoms with van der Waals surface area (Å²) in [5, 5.41) is 26.5. The molecule has 2 fully saturated rings. The molecule has 0 radical (unpaired) electrons. The highest BCUT2D eigenvalue weighted by molar-refractivity contribution is 5.72. The van der Waals surface area contributed by atoms with Crippen LogP contribution < -0.4 is 10.2 Å². The van der Waals surface area contributed by atoms with E-state index in [1.807, 2.05) is 31.3 Å². The minimum atomic E-state index is -0.766. The maximum atomic E-state index is 14.0. The number of nitrogens with zero attached hydrogens (tertiary/aromatic N) is 6. The van der Waals surface area contributed by atoms with Crippen LogP contribution in [0.3, 0.4) is 0 Å². The van der Waals surface area contributed by atoms with E-state index in [4.69, 9.17) is 0 Å². The third kappa shape index (κ3) is 3.39. The van der Waals surface area contributed by atoms with Gasteiger partial charge < -0.3 is 15.3 Å². The van der Waals surface area contributed by atoms with Crippen molar-refractivity contribution in [3.8, 4) is 28.3 Å². The molecule has 4 heterocycles. The van der Waals surface area contributed by atoms with E-state index >= 15 is 0 Å². The van der Waals surface area contributed by atoms with E-state index < -0.39 is 6.17 Å². The number of anilines is 1. The van der Waals surface area contributed by atoms with Gasteiger partial charge in [0.1, 0.15) is 11.9 Å². The first kappa shape index (κ1) is 18.9. The average Bonchev–Trinajstić information content (AvgIpc) is 3.29. The number of rotatable bonds is 4. The molecule has 9 heteroatoms. The number of phenols is 1. The molecule has 0 saturated carbocycles. The van der Waals surface area contributed by atoms with Gasteiger partial charge in [-0.25, -0.2) is 9.37 Å². The van der Waals surface area contributed by atoms with Gasteiger partial charge in [0.15, 0.2) is 11.6 Å². The monoisotopic (exact) mass is 409 g/mol. The SMILES string of the molecule is CN(c1cnc(-c2ccc(-c3cnn(C)c3)cc2O)nn1)[C@@H]1C[C@@H]2C[C@@H](F)[C@@H](C1)N2. The molecule has 2 saturated heterocycles. The number of benzene rings is 1. The van der Waals surface area contributed by atoms with E-state index in [0.717, 1.165) is 24.0 Å². The van der Waals surface area contributed by atoms with Crippen molar-refractivity contribution in [1.82, 2.24) is 30.3 Å². The molecule has 0 spiro atoms. The van der Waals surface area contributed by atoms with Crippen molar-refractivity contribution in [1.29, 1.82) is 0 Å². The molecule has 2 aliphatic rings. The van der Waals surface area contributed by atoms with E-state index in [-0.39, 0.29) is 23.9 Å². The van der Waals surface area contributed by atoms with Crippen LogP contribution in [0, 0.1) is 0 Å². The predicted molar refractivity (Wildman–Crippen MR) is 111 cm³/mol. The Kier molecular flexibility index (Phi) is 4.62. The van der Waals surface area contributed by atoms with Crippen molar-refractivity contribution in [2.45, 2.75) is 43.6 Å². The van der Waals surface area contributed by atoms with Crippen molar-refractivity contribution in [3.05, 3.63) is 36.8 Å². The highest BCUT2D eigenvalue weighted by Gasteiger charge is 2.42. The van der Waals surface area contributed by atoms with E-state index in [1.165, 1.54) is 0 Å². The van der Waals surface area contributed by atoms with Crippen LogP contribution in [0.15, 0.2) is 36.8 Å². The second-order valence-corrected chi connectivity index (χ2v) is 8.23. The number of hydrogen-bond donors (Lipinski definition) is 2. The summed E-state index contributed by atoms with van der Waals surface area (Å²) >= 11 is 0. The molecule has 0 aliphatic carbocycles. The van der Waals surface area contributed by atoms with Crippen LogP contribution in [0.4, 0.5) is 10.2 Å². The number of aromatic hydroxyl groups is 1. The first-order valence-electron chi connectivity index (χ1n) is 10.1. The Bertz CT molecular complexity index is 1050. The third-order valence-corrected chi connectivity index (χ3v) is 6.21. The Hall–Kier alpha value is -3.07. The minimum absolute atomic E-state index is 0.0772. The van der Waals surface area contributed by atoms with Gasteiger partial charge in [-0.1, -0.05) is 6.07 Å². The summed E-state index contributed by atoms with van der Waals surface area (Å²) in [6.45, 7) is 0. The van der Waals surface area contributed by atoms with E-state index in [1.54, 1.807) is 29.2 Å². The molecular weight excluding hydrogens is 385 g/mol. The van der Waals surface area contributed by atoms with E-state index in [9.17, 15) is 9.50 Å². The van der Waals surface area contributed by atoms with Gasteiger partial charge in [-0.2, -0.15) is 5.10 Å². The Morgan fingerprint density at radius 2 is 2.03 bits per heavy atom. The first-order chi connectivity index (χ1) is 14.5. The minimum Gasteiger partial charge on any atom is -0.507 e. The van der Waals surface area contributed by atoms with Gasteiger partial charge in [-0.05, 0) is 37.0 Å². The Labute approximate surface area is 173 Å². The van der Waals surface area contributed by atoms with Crippen LogP contribution in [-0.4, -0.2) is 61.4 Å². The lowest BCUT2D eigenvalue weighted by molar-refractivity contribution is 0.274. The molecule has 2 aliphatic heterocycles. The van der Waals surface area contributed by atoms with Crippen molar-refractivity contribution in [2.75, 3.05) is 11.9 Å². The molecule has 5 rings (SSSR count). The summed E-state index contributed by atoms with van der Waals surface area (Å²) in [6, 6.07) is 5.70. The number of phenolic OH excluding ortho intramolecular Hbond substituents is 1. The summed E-state index contributed by atoms with van der Waals surface area (Å²) in [4.78, 5) is 6.46. The number of aryl methyl sites for hydroxylation is 1. The molecule has 0 unspecified atom stereocenters. The second kappa shape index (κ2) is 7.32. The van der Waals surface area contributed by atoms with Crippen molar-refractivity contribution in [2.24, 2.45) is 7.05 Å². The van der Waals surface area contributed by atoms with Gasteiger partial charge in [0.05, 0.1) is 18.0 Å². The van der Waals surface area contributed by atoms with E-state index in [2.05, 4.69) is 25.6 Å². The zero-order chi connectivity index (χ0) is 20.8. The summed E-state index contributed by atoms with van der Waals surface area (Å²) < 4.78 is 15.7. The fourth-order valence-electron chi connectivity index (χ4n) is 4.54. The first-order valence-corrected chi connectivity index (χ1v) is 10.1. The summed E-state index contributed by atoms with van der Waals surface area (Å²) in [6.07, 6.45) is 6.74. The molecule has 0 amide bonds. The molecule has 156 valence electrons. The molecule has 2 N–H and O–H groups in total. The van der Waals surface area contributed by atoms with Crippen LogP contribution in [0.1, 0.15) is 19.3 Å². The van der Waals surface area contributed by atoms with Gasteiger partial charge in [0.25, 0.3) is 0 Å². The number of aromatic nitrogens is 5. The molecule has 3 aromatic rings. The largest absolute Gasteiger partial charge is 0.507 e. The summed E-state index contributed by atoms with van der Waals surface area (Å²) in [5.74, 6) is 1.09. The summed E-state index contributed by atoms with van der Waals surface area (Å²) in [5.41, 5.74) is 2.30. The fourth-order valence-corrected chi connectivity index (χ4v) is 4.54. The zero-order valence-corrected chi connectivity index (χ0v) is 16.9. The maximum Gasteiger partial charge on any atom is 0.185 e. The molecule has 4 atom stereocenters. The average molecular weight is 409 g/mol. The van der Waals surface area contributed by atoms with Gasteiger partial charge in [0, 0.05) is 44.0 Å². The second-order valence-electron chi connectivity index (χ2n) is 8.23. The predicted octanol–water partition coefficient (Wildman–Crippen LogP) is 2.31. The Balaban J connectivity index is 1.33. The highest BCUT2D eigenvalue weighted by atomic mass is 19.1. The normalized spacial score (nSPS) is 25.4. The number of alkyl halides is 1. The number of hydrogen-bond acceptors (Lipinski definition) is 7. The van der Waals surface area contributed by atoms with E-state index in [0.29, 0.717) is 23.6 Å². The quantitative estimate of drug-likeness (QED) is 0.683. The van der Waals surface area contributed by atoms with Gasteiger partial charge >= 0.3 is 0 Å². The molecular formula is C21H24FN7O. The van der Waals surface area contributed by atoms with Crippen LogP contribution in [-0.2, 0) is 7.05 Å². The van der Waals surface area contributed by atoms with Crippen molar-refractivity contribution in [3.63, 3.8) is 0 Å². The highest BCUT2D eigenvalue weighted by Crippen LogP contribution is 2.34. The standard InChI is InChI=1S/C21H24FN7O/c1-28-11-13(9-24-28)12-3-4-16(19(30)5-12)21-23-10-20(26-27-21)29(2)15-6-14-7-17(22)18(8-15)25-14/h3-5,9-11,14-15,17-18,25,30H,6-8H2,1-2H3/t14-,15-,17-,18-/m1/s1. The Morgan fingerprint density at radius 3 is 2.70 bits per heavy atom. The molecule has 2 aromatic heterocycles. The van der Waals surface area contributed by atoms with Crippen LogP contribution in [0.25, 0.3) is 22.5 Å². The zero-order valence-electron chi connectivity index (χ0n) is 16.9. The molecule has 2 bridgehead atoms.